The second-order valence-corrected chi connectivity index (χ2v) is 6.19. The molecule has 1 atom stereocenters. The third-order valence-electron chi connectivity index (χ3n) is 2.29. The zero-order valence-electron chi connectivity index (χ0n) is 6.85. The number of nitrogens with one attached hydrogen (secondary N) is 1. The average Bonchev–Trinajstić information content (AvgIpc) is 2.54. The quantitative estimate of drug-likeness (QED) is 0.785. The topological polar surface area (TPSA) is 12.0 Å². The van der Waals surface area contributed by atoms with E-state index in [0.29, 0.717) is 0 Å². The van der Waals surface area contributed by atoms with Crippen LogP contribution in [0.4, 0.5) is 0 Å². The molecule has 1 aliphatic rings. The first-order valence-electron chi connectivity index (χ1n) is 4.32. The molecule has 3 heteroatoms. The van der Waals surface area contributed by atoms with Crippen LogP contribution in [0.5, 0.6) is 0 Å². The summed E-state index contributed by atoms with van der Waals surface area (Å²) in [6, 6.07) is 4.50. The molecule has 1 fully saturated rings. The molecule has 0 saturated carbocycles. The van der Waals surface area contributed by atoms with Gasteiger partial charge in [0.05, 0.1) is 2.88 Å². The number of halogens is 1. The van der Waals surface area contributed by atoms with E-state index in [1.165, 1.54) is 28.8 Å². The fourth-order valence-electron chi connectivity index (χ4n) is 1.64. The van der Waals surface area contributed by atoms with Gasteiger partial charge in [0.1, 0.15) is 0 Å². The van der Waals surface area contributed by atoms with Gasteiger partial charge < -0.3 is 5.32 Å². The second kappa shape index (κ2) is 4.07. The molecule has 0 bridgehead atoms. The average molecular weight is 293 g/mol. The lowest BCUT2D eigenvalue weighted by molar-refractivity contribution is 0.466. The van der Waals surface area contributed by atoms with Crippen LogP contribution in [-0.4, -0.2) is 13.1 Å². The Balaban J connectivity index is 2.08. The Hall–Kier alpha value is 0.390. The Kier molecular flexibility index (Phi) is 3.04. The number of piperidine rings is 1. The van der Waals surface area contributed by atoms with Gasteiger partial charge in [-0.1, -0.05) is 0 Å². The molecule has 66 valence electrons. The van der Waals surface area contributed by atoms with Gasteiger partial charge >= 0.3 is 0 Å². The van der Waals surface area contributed by atoms with E-state index in [-0.39, 0.29) is 0 Å². The Morgan fingerprint density at radius 3 is 3.00 bits per heavy atom. The summed E-state index contributed by atoms with van der Waals surface area (Å²) in [6.07, 6.45) is 2.70. The van der Waals surface area contributed by atoms with Gasteiger partial charge in [-0.2, -0.15) is 0 Å². The number of hydrogen-bond acceptors (Lipinski definition) is 2. The highest BCUT2D eigenvalue weighted by atomic mass is 127. The number of hydrogen-bond donors (Lipinski definition) is 1. The van der Waals surface area contributed by atoms with Crippen LogP contribution in [0.1, 0.15) is 23.6 Å². The van der Waals surface area contributed by atoms with Crippen LogP contribution >= 0.6 is 33.9 Å². The van der Waals surface area contributed by atoms with Crippen molar-refractivity contribution < 1.29 is 0 Å². The predicted molar refractivity (Wildman–Crippen MR) is 61.9 cm³/mol. The van der Waals surface area contributed by atoms with E-state index in [4.69, 9.17) is 0 Å². The van der Waals surface area contributed by atoms with E-state index in [0.717, 1.165) is 5.92 Å². The number of thiophene rings is 1. The first kappa shape index (κ1) is 8.97. The van der Waals surface area contributed by atoms with Crippen LogP contribution in [0.2, 0.25) is 0 Å². The Morgan fingerprint density at radius 2 is 2.42 bits per heavy atom. The molecular formula is C9H12INS. The summed E-state index contributed by atoms with van der Waals surface area (Å²) in [6.45, 7) is 2.38. The van der Waals surface area contributed by atoms with Crippen molar-refractivity contribution >= 4 is 33.9 Å². The van der Waals surface area contributed by atoms with Crippen molar-refractivity contribution in [3.63, 3.8) is 0 Å². The molecule has 0 aliphatic carbocycles. The first-order chi connectivity index (χ1) is 5.86. The first-order valence-corrected chi connectivity index (χ1v) is 6.22. The third kappa shape index (κ3) is 2.00. The molecule has 2 rings (SSSR count). The molecule has 1 aromatic rings. The minimum absolute atomic E-state index is 0.785. The smallest absolute Gasteiger partial charge is 0.0656 e. The zero-order chi connectivity index (χ0) is 8.39. The van der Waals surface area contributed by atoms with Gasteiger partial charge in [0.2, 0.25) is 0 Å². The summed E-state index contributed by atoms with van der Waals surface area (Å²) in [4.78, 5) is 1.56. The van der Waals surface area contributed by atoms with Crippen LogP contribution in [0.15, 0.2) is 12.1 Å². The van der Waals surface area contributed by atoms with Gasteiger partial charge in [-0.15, -0.1) is 11.3 Å². The van der Waals surface area contributed by atoms with Gasteiger partial charge in [0.25, 0.3) is 0 Å². The fraction of sp³-hybridized carbons (Fsp3) is 0.556. The Bertz CT molecular complexity index is 253. The van der Waals surface area contributed by atoms with Crippen molar-refractivity contribution in [3.8, 4) is 0 Å². The van der Waals surface area contributed by atoms with E-state index >= 15 is 0 Å². The molecule has 0 spiro atoms. The molecule has 1 unspecified atom stereocenters. The SMILES string of the molecule is Ic1ccc(C2CCCNC2)s1. The second-order valence-electron chi connectivity index (χ2n) is 3.19. The molecule has 1 nitrogen and oxygen atoms in total. The molecule has 1 saturated heterocycles. The Morgan fingerprint density at radius 1 is 1.50 bits per heavy atom. The van der Waals surface area contributed by atoms with Crippen LogP contribution in [-0.2, 0) is 0 Å². The molecule has 1 N–H and O–H groups in total. The predicted octanol–water partition coefficient (Wildman–Crippen LogP) is 2.82. The monoisotopic (exact) mass is 293 g/mol. The van der Waals surface area contributed by atoms with Crippen molar-refractivity contribution in [2.24, 2.45) is 0 Å². The van der Waals surface area contributed by atoms with Gasteiger partial charge in [0, 0.05) is 17.3 Å². The molecular weight excluding hydrogens is 281 g/mol. The normalized spacial score (nSPS) is 24.2. The van der Waals surface area contributed by atoms with Crippen LogP contribution in [0.25, 0.3) is 0 Å². The van der Waals surface area contributed by atoms with Gasteiger partial charge in [-0.25, -0.2) is 0 Å². The van der Waals surface area contributed by atoms with E-state index in [2.05, 4.69) is 40.0 Å². The van der Waals surface area contributed by atoms with Gasteiger partial charge in [-0.05, 0) is 54.1 Å². The lowest BCUT2D eigenvalue weighted by atomic mass is 9.98. The lowest BCUT2D eigenvalue weighted by Crippen LogP contribution is -2.27. The summed E-state index contributed by atoms with van der Waals surface area (Å²) in [5, 5.41) is 3.45. The molecule has 1 aromatic heterocycles. The van der Waals surface area contributed by atoms with Gasteiger partial charge in [0.15, 0.2) is 0 Å². The van der Waals surface area contributed by atoms with Crippen molar-refractivity contribution in [2.45, 2.75) is 18.8 Å². The van der Waals surface area contributed by atoms with Crippen molar-refractivity contribution in [1.29, 1.82) is 0 Å². The van der Waals surface area contributed by atoms with Crippen LogP contribution in [0, 0.1) is 2.88 Å². The standard InChI is InChI=1S/C9H12INS/c10-9-4-3-8(12-9)7-2-1-5-11-6-7/h3-4,7,11H,1-2,5-6H2. The summed E-state index contributed by atoms with van der Waals surface area (Å²) >= 11 is 4.34. The Labute approximate surface area is 90.7 Å². The van der Waals surface area contributed by atoms with Crippen molar-refractivity contribution in [1.82, 2.24) is 5.32 Å². The highest BCUT2D eigenvalue weighted by Crippen LogP contribution is 2.29. The highest BCUT2D eigenvalue weighted by Gasteiger charge is 2.16. The van der Waals surface area contributed by atoms with Crippen LogP contribution in [0.3, 0.4) is 0 Å². The molecule has 12 heavy (non-hydrogen) atoms. The minimum Gasteiger partial charge on any atom is -0.316 e. The molecule has 1 aliphatic heterocycles. The maximum atomic E-state index is 3.45. The van der Waals surface area contributed by atoms with E-state index in [1.54, 1.807) is 4.88 Å². The maximum absolute atomic E-state index is 3.45. The van der Waals surface area contributed by atoms with E-state index < -0.39 is 0 Å². The molecule has 0 aromatic carbocycles. The van der Waals surface area contributed by atoms with E-state index in [1.807, 2.05) is 11.3 Å². The summed E-state index contributed by atoms with van der Waals surface area (Å²) < 4.78 is 1.41. The maximum Gasteiger partial charge on any atom is 0.0656 e. The van der Waals surface area contributed by atoms with Crippen LogP contribution < -0.4 is 5.32 Å². The van der Waals surface area contributed by atoms with Crippen molar-refractivity contribution in [3.05, 3.63) is 19.9 Å². The highest BCUT2D eigenvalue weighted by molar-refractivity contribution is 14.1. The lowest BCUT2D eigenvalue weighted by Gasteiger charge is -2.21. The summed E-state index contributed by atoms with van der Waals surface area (Å²) in [5.41, 5.74) is 0. The van der Waals surface area contributed by atoms with E-state index in [9.17, 15) is 0 Å². The largest absolute Gasteiger partial charge is 0.316 e. The molecule has 0 amide bonds. The summed E-state index contributed by atoms with van der Waals surface area (Å²) in [7, 11) is 0. The summed E-state index contributed by atoms with van der Waals surface area (Å²) in [5.74, 6) is 0.785. The third-order valence-corrected chi connectivity index (χ3v) is 4.35. The minimum atomic E-state index is 0.785. The molecule has 0 radical (unpaired) electrons. The molecule has 2 heterocycles. The van der Waals surface area contributed by atoms with Crippen molar-refractivity contribution in [2.75, 3.05) is 13.1 Å². The number of rotatable bonds is 1. The zero-order valence-corrected chi connectivity index (χ0v) is 9.82. The van der Waals surface area contributed by atoms with Gasteiger partial charge in [-0.3, -0.25) is 0 Å². The fourth-order valence-corrected chi connectivity index (χ4v) is 3.45.